The molecule has 0 spiro atoms. The summed E-state index contributed by atoms with van der Waals surface area (Å²) in [6, 6.07) is 27.6. The van der Waals surface area contributed by atoms with Crippen LogP contribution in [0, 0.1) is 0 Å². The minimum atomic E-state index is -0.281. The first-order valence-electron chi connectivity index (χ1n) is 10.9. The number of hydrogen-bond donors (Lipinski definition) is 2. The molecule has 0 amide bonds. The zero-order valence-corrected chi connectivity index (χ0v) is 18.1. The van der Waals surface area contributed by atoms with Crippen molar-refractivity contribution in [3.63, 3.8) is 0 Å². The molecule has 3 N–H and O–H groups in total. The van der Waals surface area contributed by atoms with E-state index in [4.69, 9.17) is 17.3 Å². The second-order valence-corrected chi connectivity index (χ2v) is 8.98. The zero-order chi connectivity index (χ0) is 21.3. The Balaban J connectivity index is 1.31. The third-order valence-electron chi connectivity index (χ3n) is 6.49. The van der Waals surface area contributed by atoms with E-state index in [2.05, 4.69) is 58.8 Å². The van der Waals surface area contributed by atoms with Crippen molar-refractivity contribution >= 4 is 28.2 Å². The van der Waals surface area contributed by atoms with Gasteiger partial charge in [0.2, 0.25) is 0 Å². The maximum atomic E-state index is 6.94. The molecule has 31 heavy (non-hydrogen) atoms. The average molecular weight is 428 g/mol. The van der Waals surface area contributed by atoms with E-state index in [0.717, 1.165) is 42.3 Å². The van der Waals surface area contributed by atoms with Crippen LogP contribution in [0.4, 0.5) is 5.69 Å². The quantitative estimate of drug-likeness (QED) is 0.378. The Morgan fingerprint density at radius 1 is 0.871 bits per heavy atom. The molecule has 1 heterocycles. The largest absolute Gasteiger partial charge is 0.382 e. The van der Waals surface area contributed by atoms with Gasteiger partial charge >= 0.3 is 0 Å². The van der Waals surface area contributed by atoms with Gasteiger partial charge < -0.3 is 11.1 Å². The number of hydrogen-bond acceptors (Lipinski definition) is 3. The van der Waals surface area contributed by atoms with Crippen LogP contribution in [0.15, 0.2) is 85.1 Å². The Hall–Kier alpha value is -2.88. The average Bonchev–Trinajstić information content (AvgIpc) is 2.81. The molecule has 0 unspecified atom stereocenters. The number of fused-ring (bicyclic) bond motifs is 1. The van der Waals surface area contributed by atoms with Crippen LogP contribution in [0.3, 0.4) is 0 Å². The fourth-order valence-corrected chi connectivity index (χ4v) is 4.84. The number of pyridine rings is 1. The van der Waals surface area contributed by atoms with Crippen LogP contribution in [0.25, 0.3) is 22.0 Å². The van der Waals surface area contributed by atoms with Gasteiger partial charge in [0.25, 0.3) is 0 Å². The molecule has 0 radical (unpaired) electrons. The first-order chi connectivity index (χ1) is 15.1. The summed E-state index contributed by atoms with van der Waals surface area (Å²) in [5, 5.41) is 5.54. The topological polar surface area (TPSA) is 50.9 Å². The van der Waals surface area contributed by atoms with E-state index in [0.29, 0.717) is 11.1 Å². The van der Waals surface area contributed by atoms with E-state index in [1.54, 1.807) is 0 Å². The molecule has 0 atom stereocenters. The Kier molecular flexibility index (Phi) is 5.39. The third kappa shape index (κ3) is 4.16. The van der Waals surface area contributed by atoms with Crippen molar-refractivity contribution in [1.82, 2.24) is 4.98 Å². The van der Waals surface area contributed by atoms with Gasteiger partial charge in [0.05, 0.1) is 5.52 Å². The molecule has 1 aliphatic rings. The summed E-state index contributed by atoms with van der Waals surface area (Å²) in [5.41, 5.74) is 12.4. The zero-order valence-electron chi connectivity index (χ0n) is 17.4. The predicted octanol–water partition coefficient (Wildman–Crippen LogP) is 6.76. The lowest BCUT2D eigenvalue weighted by Crippen LogP contribution is -2.43. The molecule has 4 aromatic rings. The van der Waals surface area contributed by atoms with E-state index >= 15 is 0 Å². The third-order valence-corrected chi connectivity index (χ3v) is 6.72. The predicted molar refractivity (Wildman–Crippen MR) is 130 cm³/mol. The van der Waals surface area contributed by atoms with E-state index in [9.17, 15) is 0 Å². The minimum Gasteiger partial charge on any atom is -0.382 e. The smallest absolute Gasteiger partial charge is 0.0737 e. The van der Waals surface area contributed by atoms with Crippen molar-refractivity contribution in [3.8, 4) is 11.1 Å². The fraction of sp³-hybridized carbons (Fsp3) is 0.222. The van der Waals surface area contributed by atoms with Gasteiger partial charge in [0, 0.05) is 33.9 Å². The van der Waals surface area contributed by atoms with Crippen molar-refractivity contribution in [1.29, 1.82) is 0 Å². The van der Waals surface area contributed by atoms with Crippen LogP contribution in [-0.2, 0) is 5.54 Å². The molecular formula is C27H26ClN3. The number of aromatic nitrogens is 1. The minimum absolute atomic E-state index is 0.281. The summed E-state index contributed by atoms with van der Waals surface area (Å²) in [6.07, 6.45) is 5.81. The number of benzene rings is 3. The van der Waals surface area contributed by atoms with Gasteiger partial charge in [-0.3, -0.25) is 4.98 Å². The molecule has 0 aliphatic heterocycles. The normalized spacial score (nSPS) is 21.2. The Bertz CT molecular complexity index is 1200. The Labute approximate surface area is 188 Å². The van der Waals surface area contributed by atoms with Crippen LogP contribution >= 0.6 is 11.6 Å². The highest BCUT2D eigenvalue weighted by molar-refractivity contribution is 6.31. The number of nitrogens with two attached hydrogens (primary N) is 1. The van der Waals surface area contributed by atoms with Crippen molar-refractivity contribution < 1.29 is 0 Å². The first-order valence-corrected chi connectivity index (χ1v) is 11.2. The number of anilines is 1. The lowest BCUT2D eigenvalue weighted by atomic mass is 9.75. The van der Waals surface area contributed by atoms with Crippen LogP contribution in [0.1, 0.15) is 31.2 Å². The highest BCUT2D eigenvalue weighted by Crippen LogP contribution is 2.38. The van der Waals surface area contributed by atoms with Crippen LogP contribution in [0.2, 0.25) is 5.02 Å². The summed E-state index contributed by atoms with van der Waals surface area (Å²) in [6.45, 7) is 0. The molecule has 1 fully saturated rings. The van der Waals surface area contributed by atoms with Gasteiger partial charge in [0.15, 0.2) is 0 Å². The van der Waals surface area contributed by atoms with Crippen LogP contribution in [0.5, 0.6) is 0 Å². The van der Waals surface area contributed by atoms with Crippen molar-refractivity contribution in [2.45, 2.75) is 37.3 Å². The molecule has 156 valence electrons. The van der Waals surface area contributed by atoms with Crippen molar-refractivity contribution in [3.05, 3.63) is 95.6 Å². The second kappa shape index (κ2) is 8.33. The van der Waals surface area contributed by atoms with Crippen LogP contribution in [-0.4, -0.2) is 11.0 Å². The van der Waals surface area contributed by atoms with Crippen molar-refractivity contribution in [2.75, 3.05) is 5.32 Å². The highest BCUT2D eigenvalue weighted by Gasteiger charge is 2.33. The summed E-state index contributed by atoms with van der Waals surface area (Å²) in [7, 11) is 0. The summed E-state index contributed by atoms with van der Waals surface area (Å²) < 4.78 is 0. The fourth-order valence-electron chi connectivity index (χ4n) is 4.67. The molecule has 1 aliphatic carbocycles. The number of rotatable bonds is 4. The Morgan fingerprint density at radius 3 is 2.45 bits per heavy atom. The number of nitrogens with zero attached hydrogens (tertiary/aromatic N) is 1. The summed E-state index contributed by atoms with van der Waals surface area (Å²) in [5.74, 6) is 0. The molecule has 4 heteroatoms. The van der Waals surface area contributed by atoms with Gasteiger partial charge in [-0.15, -0.1) is 0 Å². The summed E-state index contributed by atoms with van der Waals surface area (Å²) in [4.78, 5) is 4.45. The van der Waals surface area contributed by atoms with Gasteiger partial charge in [0.1, 0.15) is 0 Å². The van der Waals surface area contributed by atoms with Gasteiger partial charge in [-0.2, -0.15) is 0 Å². The van der Waals surface area contributed by atoms with E-state index < -0.39 is 0 Å². The molecule has 1 saturated carbocycles. The molecular weight excluding hydrogens is 402 g/mol. The Morgan fingerprint density at radius 2 is 1.65 bits per heavy atom. The second-order valence-electron chi connectivity index (χ2n) is 8.54. The SMILES string of the molecule is NC1(c2cccc(-c3ccccc3)c2)CCC(Nc2ccnc3cc(Cl)ccc23)CC1. The van der Waals surface area contributed by atoms with E-state index in [1.165, 1.54) is 16.7 Å². The van der Waals surface area contributed by atoms with Crippen LogP contribution < -0.4 is 11.1 Å². The van der Waals surface area contributed by atoms with Gasteiger partial charge in [-0.05, 0) is 72.7 Å². The molecule has 5 rings (SSSR count). The molecule has 3 nitrogen and oxygen atoms in total. The number of halogens is 1. The number of nitrogens with one attached hydrogen (secondary N) is 1. The van der Waals surface area contributed by atoms with Gasteiger partial charge in [-0.1, -0.05) is 60.1 Å². The highest BCUT2D eigenvalue weighted by atomic mass is 35.5. The first kappa shape index (κ1) is 20.0. The molecule has 3 aromatic carbocycles. The standard InChI is InChI=1S/C27H26ClN3/c28-22-9-10-24-25(13-16-30-26(24)18-22)31-23-11-14-27(29,15-12-23)21-8-4-7-20(17-21)19-5-2-1-3-6-19/h1-10,13,16-18,23H,11-12,14-15,29H2,(H,30,31). The molecule has 0 saturated heterocycles. The monoisotopic (exact) mass is 427 g/mol. The maximum absolute atomic E-state index is 6.94. The van der Waals surface area contributed by atoms with Crippen molar-refractivity contribution in [2.24, 2.45) is 5.73 Å². The summed E-state index contributed by atoms with van der Waals surface area (Å²) >= 11 is 6.13. The lowest BCUT2D eigenvalue weighted by Gasteiger charge is -2.38. The lowest BCUT2D eigenvalue weighted by molar-refractivity contribution is 0.287. The molecule has 0 bridgehead atoms. The molecule has 1 aromatic heterocycles. The van der Waals surface area contributed by atoms with E-state index in [-0.39, 0.29) is 5.54 Å². The maximum Gasteiger partial charge on any atom is 0.0737 e. The van der Waals surface area contributed by atoms with Gasteiger partial charge in [-0.25, -0.2) is 0 Å². The van der Waals surface area contributed by atoms with E-state index in [1.807, 2.05) is 36.5 Å².